The van der Waals surface area contributed by atoms with Crippen molar-refractivity contribution in [1.82, 2.24) is 10.2 Å². The van der Waals surface area contributed by atoms with Gasteiger partial charge in [0.1, 0.15) is 12.1 Å². The first kappa shape index (κ1) is 25.7. The van der Waals surface area contributed by atoms with Crippen molar-refractivity contribution in [3.8, 4) is 0 Å². The Kier molecular flexibility index (Phi) is 8.11. The first-order chi connectivity index (χ1) is 16.5. The normalized spacial score (nSPS) is 16.4. The maximum absolute atomic E-state index is 12.9. The highest BCUT2D eigenvalue weighted by Crippen LogP contribution is 2.29. The van der Waals surface area contributed by atoms with Gasteiger partial charge in [0.05, 0.1) is 12.0 Å². The standard InChI is InChI=1S/C26H32N4O5/c1-17(18-9-6-5-7-10-18)30-16-19(13-23(30)32)24(33)29-21-12-8-11-20(14-21)28-22(31)15-27-25(34)35-26(2,3)4/h5-12,14,17,19H,13,15-16H2,1-4H3,(H,27,34)(H,28,31)(H,29,33). The Hall–Kier alpha value is -3.88. The summed E-state index contributed by atoms with van der Waals surface area (Å²) in [4.78, 5) is 51.0. The zero-order chi connectivity index (χ0) is 25.6. The molecule has 9 nitrogen and oxygen atoms in total. The average molecular weight is 481 g/mol. The first-order valence-corrected chi connectivity index (χ1v) is 11.5. The molecule has 0 bridgehead atoms. The van der Waals surface area contributed by atoms with Crippen LogP contribution in [0, 0.1) is 5.92 Å². The van der Waals surface area contributed by atoms with Gasteiger partial charge in [0.2, 0.25) is 17.7 Å². The van der Waals surface area contributed by atoms with Crippen molar-refractivity contribution in [3.05, 3.63) is 60.2 Å². The summed E-state index contributed by atoms with van der Waals surface area (Å²) in [5.41, 5.74) is 1.32. The van der Waals surface area contributed by atoms with Crippen LogP contribution in [0.1, 0.15) is 45.7 Å². The molecule has 9 heteroatoms. The summed E-state index contributed by atoms with van der Waals surface area (Å²) in [7, 11) is 0. The Bertz CT molecular complexity index is 1080. The molecule has 1 aliphatic heterocycles. The smallest absolute Gasteiger partial charge is 0.408 e. The van der Waals surface area contributed by atoms with Gasteiger partial charge in [-0.05, 0) is 51.5 Å². The third kappa shape index (κ3) is 7.56. The summed E-state index contributed by atoms with van der Waals surface area (Å²) < 4.78 is 5.10. The summed E-state index contributed by atoms with van der Waals surface area (Å²) >= 11 is 0. The van der Waals surface area contributed by atoms with E-state index in [1.54, 1.807) is 49.9 Å². The van der Waals surface area contributed by atoms with Gasteiger partial charge in [0.15, 0.2) is 0 Å². The summed E-state index contributed by atoms with van der Waals surface area (Å²) in [5, 5.41) is 7.89. The molecule has 1 heterocycles. The van der Waals surface area contributed by atoms with Gasteiger partial charge < -0.3 is 25.6 Å². The van der Waals surface area contributed by atoms with Crippen LogP contribution in [-0.2, 0) is 19.1 Å². The minimum atomic E-state index is -0.685. The molecule has 0 radical (unpaired) electrons. The fourth-order valence-corrected chi connectivity index (χ4v) is 3.78. The monoisotopic (exact) mass is 480 g/mol. The van der Waals surface area contributed by atoms with E-state index in [1.807, 2.05) is 37.3 Å². The molecule has 3 rings (SSSR count). The van der Waals surface area contributed by atoms with Crippen LogP contribution in [0.2, 0.25) is 0 Å². The molecule has 2 aromatic rings. The van der Waals surface area contributed by atoms with Gasteiger partial charge in [-0.3, -0.25) is 14.4 Å². The Morgan fingerprint density at radius 3 is 2.34 bits per heavy atom. The van der Waals surface area contributed by atoms with Crippen LogP contribution in [0.25, 0.3) is 0 Å². The number of likely N-dealkylation sites (tertiary alicyclic amines) is 1. The van der Waals surface area contributed by atoms with Gasteiger partial charge >= 0.3 is 6.09 Å². The predicted octanol–water partition coefficient (Wildman–Crippen LogP) is 3.70. The van der Waals surface area contributed by atoms with Crippen molar-refractivity contribution in [2.75, 3.05) is 23.7 Å². The van der Waals surface area contributed by atoms with E-state index in [9.17, 15) is 19.2 Å². The van der Waals surface area contributed by atoms with Gasteiger partial charge in [-0.15, -0.1) is 0 Å². The lowest BCUT2D eigenvalue weighted by Crippen LogP contribution is -2.37. The summed E-state index contributed by atoms with van der Waals surface area (Å²) in [6, 6.07) is 16.3. The van der Waals surface area contributed by atoms with Crippen molar-refractivity contribution in [1.29, 1.82) is 0 Å². The van der Waals surface area contributed by atoms with E-state index in [0.29, 0.717) is 17.9 Å². The van der Waals surface area contributed by atoms with Crippen LogP contribution >= 0.6 is 0 Å². The minimum absolute atomic E-state index is 0.0556. The molecule has 3 N–H and O–H groups in total. The Labute approximate surface area is 205 Å². The average Bonchev–Trinajstić information content (AvgIpc) is 3.18. The highest BCUT2D eigenvalue weighted by atomic mass is 16.6. The largest absolute Gasteiger partial charge is 0.444 e. The molecular formula is C26H32N4O5. The first-order valence-electron chi connectivity index (χ1n) is 11.5. The fourth-order valence-electron chi connectivity index (χ4n) is 3.78. The number of carbonyl (C=O) groups is 4. The van der Waals surface area contributed by atoms with E-state index >= 15 is 0 Å². The molecule has 0 saturated carbocycles. The molecule has 2 unspecified atom stereocenters. The molecule has 0 spiro atoms. The second-order valence-corrected chi connectivity index (χ2v) is 9.51. The van der Waals surface area contributed by atoms with Gasteiger partial charge in [-0.1, -0.05) is 36.4 Å². The molecule has 1 saturated heterocycles. The quantitative estimate of drug-likeness (QED) is 0.559. The number of alkyl carbamates (subject to hydrolysis) is 1. The molecule has 1 aliphatic rings. The van der Waals surface area contributed by atoms with Crippen LogP contribution in [-0.4, -0.2) is 47.4 Å². The van der Waals surface area contributed by atoms with Gasteiger partial charge in [-0.25, -0.2) is 4.79 Å². The maximum Gasteiger partial charge on any atom is 0.408 e. The second-order valence-electron chi connectivity index (χ2n) is 9.51. The number of anilines is 2. The van der Waals surface area contributed by atoms with E-state index in [1.165, 1.54) is 0 Å². The highest BCUT2D eigenvalue weighted by Gasteiger charge is 2.37. The van der Waals surface area contributed by atoms with Crippen LogP contribution in [0.4, 0.5) is 16.2 Å². The molecule has 2 aromatic carbocycles. The number of nitrogens with one attached hydrogen (secondary N) is 3. The van der Waals surface area contributed by atoms with Gasteiger partial charge in [0, 0.05) is 24.3 Å². The second kappa shape index (κ2) is 11.0. The van der Waals surface area contributed by atoms with Crippen LogP contribution in [0.15, 0.2) is 54.6 Å². The van der Waals surface area contributed by atoms with E-state index in [4.69, 9.17) is 4.74 Å². The van der Waals surface area contributed by atoms with Gasteiger partial charge in [0.25, 0.3) is 0 Å². The number of nitrogens with zero attached hydrogens (tertiary/aromatic N) is 1. The van der Waals surface area contributed by atoms with E-state index in [-0.39, 0.29) is 30.8 Å². The van der Waals surface area contributed by atoms with Crippen LogP contribution < -0.4 is 16.0 Å². The predicted molar refractivity (Wildman–Crippen MR) is 133 cm³/mol. The van der Waals surface area contributed by atoms with Crippen molar-refractivity contribution < 1.29 is 23.9 Å². The summed E-state index contributed by atoms with van der Waals surface area (Å²) in [6.45, 7) is 7.23. The molecular weight excluding hydrogens is 448 g/mol. The number of benzene rings is 2. The Balaban J connectivity index is 1.53. The van der Waals surface area contributed by atoms with Gasteiger partial charge in [-0.2, -0.15) is 0 Å². The molecule has 0 aromatic heterocycles. The molecule has 4 amide bonds. The van der Waals surface area contributed by atoms with Crippen molar-refractivity contribution in [2.24, 2.45) is 5.92 Å². The zero-order valence-corrected chi connectivity index (χ0v) is 20.5. The Morgan fingerprint density at radius 2 is 1.69 bits per heavy atom. The third-order valence-corrected chi connectivity index (χ3v) is 5.48. The van der Waals surface area contributed by atoms with Crippen LogP contribution in [0.5, 0.6) is 0 Å². The Morgan fingerprint density at radius 1 is 1.03 bits per heavy atom. The van der Waals surface area contributed by atoms with E-state index in [0.717, 1.165) is 5.56 Å². The number of hydrogen-bond acceptors (Lipinski definition) is 5. The number of amides is 4. The van der Waals surface area contributed by atoms with Crippen LogP contribution in [0.3, 0.4) is 0 Å². The van der Waals surface area contributed by atoms with Crippen molar-refractivity contribution in [3.63, 3.8) is 0 Å². The van der Waals surface area contributed by atoms with E-state index in [2.05, 4.69) is 16.0 Å². The summed E-state index contributed by atoms with van der Waals surface area (Å²) in [5.74, 6) is -1.22. The van der Waals surface area contributed by atoms with Crippen molar-refractivity contribution >= 4 is 35.2 Å². The highest BCUT2D eigenvalue weighted by molar-refractivity contribution is 5.98. The SMILES string of the molecule is CC(c1ccccc1)N1CC(C(=O)Nc2cccc(NC(=O)CNC(=O)OC(C)(C)C)c2)CC1=O. The van der Waals surface area contributed by atoms with E-state index < -0.39 is 23.5 Å². The molecule has 35 heavy (non-hydrogen) atoms. The summed E-state index contributed by atoms with van der Waals surface area (Å²) in [6.07, 6.45) is -0.536. The molecule has 2 atom stereocenters. The lowest BCUT2D eigenvalue weighted by molar-refractivity contribution is -0.129. The third-order valence-electron chi connectivity index (χ3n) is 5.48. The van der Waals surface area contributed by atoms with Crippen molar-refractivity contribution in [2.45, 2.75) is 45.8 Å². The molecule has 1 fully saturated rings. The molecule has 186 valence electrons. The fraction of sp³-hybridized carbons (Fsp3) is 0.385. The molecule has 0 aliphatic carbocycles. The maximum atomic E-state index is 12.9. The lowest BCUT2D eigenvalue weighted by atomic mass is 10.1. The number of hydrogen-bond donors (Lipinski definition) is 3. The number of rotatable bonds is 7. The topological polar surface area (TPSA) is 117 Å². The minimum Gasteiger partial charge on any atom is -0.444 e. The number of carbonyl (C=O) groups excluding carboxylic acids is 4. The number of ether oxygens (including phenoxy) is 1. The lowest BCUT2D eigenvalue weighted by Gasteiger charge is -2.25. The zero-order valence-electron chi connectivity index (χ0n) is 20.5.